The Bertz CT molecular complexity index is 1040. The molecule has 0 aliphatic rings. The van der Waals surface area contributed by atoms with E-state index in [1.165, 1.54) is 0 Å². The highest BCUT2D eigenvalue weighted by Crippen LogP contribution is 2.18. The molecule has 1 heterocycles. The number of methoxy groups -OCH3 is 1. The van der Waals surface area contributed by atoms with Gasteiger partial charge in [-0.25, -0.2) is 4.79 Å². The van der Waals surface area contributed by atoms with E-state index in [-0.39, 0.29) is 6.03 Å². The summed E-state index contributed by atoms with van der Waals surface area (Å²) in [6, 6.07) is 20.3. The average molecular weight is 423 g/mol. The number of rotatable bonds is 8. The Morgan fingerprint density at radius 2 is 2.03 bits per heavy atom. The molecule has 0 aliphatic carbocycles. The second kappa shape index (κ2) is 10.5. The van der Waals surface area contributed by atoms with Gasteiger partial charge in [-0.15, -0.1) is 0 Å². The highest BCUT2D eigenvalue weighted by Gasteiger charge is 2.16. The number of benzene rings is 2. The lowest BCUT2D eigenvalue weighted by molar-refractivity contribution is 0.152. The van der Waals surface area contributed by atoms with E-state index in [4.69, 9.17) is 21.6 Å². The van der Waals surface area contributed by atoms with Gasteiger partial charge in [0.05, 0.1) is 24.8 Å². The van der Waals surface area contributed by atoms with Gasteiger partial charge in [-0.3, -0.25) is 0 Å². The van der Waals surface area contributed by atoms with Crippen LogP contribution < -0.4 is 5.32 Å². The molecule has 0 radical (unpaired) electrons. The van der Waals surface area contributed by atoms with Crippen molar-refractivity contribution in [2.75, 3.05) is 25.6 Å². The molecule has 2 aromatic carbocycles. The minimum atomic E-state index is -0.257. The molecule has 154 valence electrons. The molecule has 0 unspecified atom stereocenters. The molecular formula is C23H23ClN4O2. The van der Waals surface area contributed by atoms with Crippen molar-refractivity contribution in [3.8, 4) is 6.07 Å². The molecule has 0 saturated heterocycles. The van der Waals surface area contributed by atoms with Crippen LogP contribution in [0.4, 0.5) is 10.5 Å². The third-order valence-corrected chi connectivity index (χ3v) is 5.04. The van der Waals surface area contributed by atoms with Gasteiger partial charge in [0.25, 0.3) is 0 Å². The van der Waals surface area contributed by atoms with Crippen LogP contribution in [0.5, 0.6) is 0 Å². The van der Waals surface area contributed by atoms with Crippen LogP contribution in [-0.4, -0.2) is 35.8 Å². The van der Waals surface area contributed by atoms with E-state index < -0.39 is 0 Å². The smallest absolute Gasteiger partial charge is 0.322 e. The highest BCUT2D eigenvalue weighted by atomic mass is 35.5. The molecule has 0 bridgehead atoms. The predicted octanol–water partition coefficient (Wildman–Crippen LogP) is 4.74. The number of hydrogen-bond donors (Lipinski definition) is 1. The van der Waals surface area contributed by atoms with Crippen molar-refractivity contribution in [3.05, 3.63) is 88.7 Å². The Hall–Kier alpha value is -3.27. The van der Waals surface area contributed by atoms with Crippen LogP contribution in [-0.2, 0) is 17.8 Å². The van der Waals surface area contributed by atoms with E-state index in [9.17, 15) is 4.79 Å². The zero-order valence-electron chi connectivity index (χ0n) is 16.7. The summed E-state index contributed by atoms with van der Waals surface area (Å²) in [6.07, 6.45) is 1.97. The zero-order chi connectivity index (χ0) is 21.3. The number of nitriles is 1. The van der Waals surface area contributed by atoms with Crippen LogP contribution in [0.25, 0.3) is 0 Å². The van der Waals surface area contributed by atoms with Crippen molar-refractivity contribution < 1.29 is 9.53 Å². The van der Waals surface area contributed by atoms with E-state index in [1.54, 1.807) is 36.3 Å². The lowest BCUT2D eigenvalue weighted by Crippen LogP contribution is -2.37. The normalized spacial score (nSPS) is 10.4. The van der Waals surface area contributed by atoms with Crippen molar-refractivity contribution in [3.63, 3.8) is 0 Å². The maximum atomic E-state index is 12.9. The number of anilines is 1. The van der Waals surface area contributed by atoms with E-state index in [0.29, 0.717) is 42.5 Å². The Morgan fingerprint density at radius 3 is 2.80 bits per heavy atom. The molecule has 0 spiro atoms. The van der Waals surface area contributed by atoms with Gasteiger partial charge in [0.2, 0.25) is 0 Å². The summed E-state index contributed by atoms with van der Waals surface area (Å²) in [5.41, 5.74) is 3.06. The standard InChI is InChI=1S/C23H23ClN4O2/c1-30-13-12-28(23(29)26-20-8-4-6-18(14-20)15-25)17-21-9-5-11-27(21)16-19-7-2-3-10-22(19)24/h2-11,14H,12-13,16-17H2,1H3,(H,26,29). The minimum absolute atomic E-state index is 0.257. The first-order valence-electron chi connectivity index (χ1n) is 9.53. The van der Waals surface area contributed by atoms with Crippen LogP contribution in [0.15, 0.2) is 66.9 Å². The van der Waals surface area contributed by atoms with Gasteiger partial charge in [0, 0.05) is 42.8 Å². The molecule has 2 amide bonds. The van der Waals surface area contributed by atoms with Gasteiger partial charge < -0.3 is 19.5 Å². The molecule has 6 nitrogen and oxygen atoms in total. The van der Waals surface area contributed by atoms with Gasteiger partial charge in [-0.05, 0) is 42.0 Å². The molecule has 7 heteroatoms. The van der Waals surface area contributed by atoms with Crippen molar-refractivity contribution in [1.29, 1.82) is 5.26 Å². The number of ether oxygens (including phenoxy) is 1. The quantitative estimate of drug-likeness (QED) is 0.569. The summed E-state index contributed by atoms with van der Waals surface area (Å²) in [5, 5.41) is 12.6. The topological polar surface area (TPSA) is 70.3 Å². The molecule has 3 rings (SSSR count). The van der Waals surface area contributed by atoms with Crippen LogP contribution in [0.2, 0.25) is 5.02 Å². The third kappa shape index (κ3) is 5.63. The summed E-state index contributed by atoms with van der Waals surface area (Å²) in [4.78, 5) is 14.6. The van der Waals surface area contributed by atoms with Gasteiger partial charge in [0.1, 0.15) is 0 Å². The summed E-state index contributed by atoms with van der Waals surface area (Å²) >= 11 is 6.31. The van der Waals surface area contributed by atoms with Crippen molar-refractivity contribution in [1.82, 2.24) is 9.47 Å². The molecule has 1 aromatic heterocycles. The second-order valence-electron chi connectivity index (χ2n) is 6.76. The molecule has 3 aromatic rings. The Balaban J connectivity index is 1.75. The predicted molar refractivity (Wildman–Crippen MR) is 117 cm³/mol. The Labute approximate surface area is 181 Å². The number of amides is 2. The fourth-order valence-electron chi connectivity index (χ4n) is 3.08. The average Bonchev–Trinajstić information content (AvgIpc) is 3.19. The van der Waals surface area contributed by atoms with Crippen LogP contribution >= 0.6 is 11.6 Å². The largest absolute Gasteiger partial charge is 0.383 e. The first kappa shape index (κ1) is 21.4. The van der Waals surface area contributed by atoms with Gasteiger partial charge >= 0.3 is 6.03 Å². The SMILES string of the molecule is COCCN(Cc1cccn1Cc1ccccc1Cl)C(=O)Nc1cccc(C#N)c1. The Morgan fingerprint density at radius 1 is 1.20 bits per heavy atom. The lowest BCUT2D eigenvalue weighted by Gasteiger charge is -2.24. The van der Waals surface area contributed by atoms with E-state index in [0.717, 1.165) is 11.3 Å². The number of urea groups is 1. The lowest BCUT2D eigenvalue weighted by atomic mass is 10.2. The molecular weight excluding hydrogens is 400 g/mol. The monoisotopic (exact) mass is 422 g/mol. The number of carbonyl (C=O) groups is 1. The van der Waals surface area contributed by atoms with Crippen molar-refractivity contribution in [2.45, 2.75) is 13.1 Å². The number of carbonyl (C=O) groups excluding carboxylic acids is 1. The zero-order valence-corrected chi connectivity index (χ0v) is 17.5. The Kier molecular flexibility index (Phi) is 7.50. The summed E-state index contributed by atoms with van der Waals surface area (Å²) in [7, 11) is 1.60. The number of aromatic nitrogens is 1. The van der Waals surface area contributed by atoms with Crippen LogP contribution in [0.3, 0.4) is 0 Å². The molecule has 0 atom stereocenters. The van der Waals surface area contributed by atoms with Crippen molar-refractivity contribution in [2.24, 2.45) is 0 Å². The highest BCUT2D eigenvalue weighted by molar-refractivity contribution is 6.31. The maximum absolute atomic E-state index is 12.9. The van der Waals surface area contributed by atoms with Gasteiger partial charge in [-0.2, -0.15) is 5.26 Å². The number of hydrogen-bond acceptors (Lipinski definition) is 3. The maximum Gasteiger partial charge on any atom is 0.322 e. The summed E-state index contributed by atoms with van der Waals surface area (Å²) < 4.78 is 7.26. The van der Waals surface area contributed by atoms with E-state index in [2.05, 4.69) is 16.0 Å². The van der Waals surface area contributed by atoms with E-state index in [1.807, 2.05) is 42.6 Å². The van der Waals surface area contributed by atoms with Crippen molar-refractivity contribution >= 4 is 23.3 Å². The second-order valence-corrected chi connectivity index (χ2v) is 7.16. The molecule has 30 heavy (non-hydrogen) atoms. The first-order chi connectivity index (χ1) is 14.6. The molecule has 0 aliphatic heterocycles. The molecule has 1 N–H and O–H groups in total. The summed E-state index contributed by atoms with van der Waals surface area (Å²) in [5.74, 6) is 0. The fourth-order valence-corrected chi connectivity index (χ4v) is 3.27. The van der Waals surface area contributed by atoms with Crippen LogP contribution in [0, 0.1) is 11.3 Å². The first-order valence-corrected chi connectivity index (χ1v) is 9.91. The third-order valence-electron chi connectivity index (χ3n) is 4.67. The number of halogens is 1. The van der Waals surface area contributed by atoms with Crippen LogP contribution in [0.1, 0.15) is 16.8 Å². The molecule has 0 fully saturated rings. The van der Waals surface area contributed by atoms with Gasteiger partial charge in [0.15, 0.2) is 0 Å². The van der Waals surface area contributed by atoms with Gasteiger partial charge in [-0.1, -0.05) is 35.9 Å². The fraction of sp³-hybridized carbons (Fsp3) is 0.217. The number of nitrogens with one attached hydrogen (secondary N) is 1. The molecule has 0 saturated carbocycles. The van der Waals surface area contributed by atoms with E-state index >= 15 is 0 Å². The number of nitrogens with zero attached hydrogens (tertiary/aromatic N) is 3. The minimum Gasteiger partial charge on any atom is -0.383 e. The summed E-state index contributed by atoms with van der Waals surface area (Å²) in [6.45, 7) is 1.87.